The molecule has 2 rings (SSSR count). The van der Waals surface area contributed by atoms with Gasteiger partial charge in [-0.1, -0.05) is 12.1 Å². The van der Waals surface area contributed by atoms with Crippen LogP contribution in [0.25, 0.3) is 0 Å². The van der Waals surface area contributed by atoms with Crippen LogP contribution in [0.4, 0.5) is 17.6 Å². The predicted molar refractivity (Wildman–Crippen MR) is 102 cm³/mol. The van der Waals surface area contributed by atoms with Crippen molar-refractivity contribution in [2.45, 2.75) is 26.1 Å². The van der Waals surface area contributed by atoms with Gasteiger partial charge in [0.05, 0.1) is 12.6 Å². The zero-order valence-electron chi connectivity index (χ0n) is 15.8. The highest BCUT2D eigenvalue weighted by Gasteiger charge is 2.10. The van der Waals surface area contributed by atoms with Crippen molar-refractivity contribution in [1.29, 1.82) is 0 Å². The van der Waals surface area contributed by atoms with Crippen LogP contribution in [0.15, 0.2) is 47.5 Å². The van der Waals surface area contributed by atoms with Crippen molar-refractivity contribution < 1.29 is 27.4 Å². The van der Waals surface area contributed by atoms with E-state index in [0.29, 0.717) is 24.6 Å². The Morgan fingerprint density at radius 1 is 1.10 bits per heavy atom. The highest BCUT2D eigenvalue weighted by Crippen LogP contribution is 2.19. The van der Waals surface area contributed by atoms with Gasteiger partial charge < -0.3 is 20.5 Å². The van der Waals surface area contributed by atoms with Gasteiger partial charge in [0.25, 0.3) is 0 Å². The van der Waals surface area contributed by atoms with E-state index in [0.717, 1.165) is 18.2 Å². The molecule has 0 aromatic heterocycles. The largest absolute Gasteiger partial charge is 0.435 e. The number of benzene rings is 2. The number of hydrogen-bond donors (Lipinski definition) is 3. The van der Waals surface area contributed by atoms with Crippen LogP contribution >= 0.6 is 0 Å². The fourth-order valence-corrected chi connectivity index (χ4v) is 2.55. The number of aliphatic hydroxyl groups is 1. The van der Waals surface area contributed by atoms with E-state index in [9.17, 15) is 22.7 Å². The highest BCUT2D eigenvalue weighted by molar-refractivity contribution is 5.79. The Morgan fingerprint density at radius 2 is 1.83 bits per heavy atom. The first kappa shape index (κ1) is 22.5. The Morgan fingerprint density at radius 3 is 2.48 bits per heavy atom. The van der Waals surface area contributed by atoms with Gasteiger partial charge in [0.1, 0.15) is 17.4 Å². The van der Waals surface area contributed by atoms with Crippen molar-refractivity contribution in [1.82, 2.24) is 10.6 Å². The molecule has 29 heavy (non-hydrogen) atoms. The van der Waals surface area contributed by atoms with Crippen LogP contribution in [0.1, 0.15) is 24.2 Å². The molecule has 0 amide bonds. The molecule has 5 nitrogen and oxygen atoms in total. The Labute approximate surface area is 166 Å². The summed E-state index contributed by atoms with van der Waals surface area (Å²) in [5.41, 5.74) is 0.743. The molecule has 2 aromatic rings. The van der Waals surface area contributed by atoms with Gasteiger partial charge >= 0.3 is 6.61 Å². The van der Waals surface area contributed by atoms with Crippen LogP contribution < -0.4 is 15.4 Å². The van der Waals surface area contributed by atoms with E-state index < -0.39 is 24.3 Å². The topological polar surface area (TPSA) is 65.9 Å². The average Bonchev–Trinajstić information content (AvgIpc) is 2.68. The standard InChI is InChI=1S/C20H23F4N3O2/c1-2-25-20(26-10-9-14-11-15(21)5-8-17(14)22)27-12-18(28)13-3-6-16(7-4-13)29-19(23)24/h3-8,11,18-19,28H,2,9-10,12H2,1H3,(H2,25,26,27). The molecule has 0 heterocycles. The molecule has 0 aliphatic rings. The van der Waals surface area contributed by atoms with Gasteiger partial charge in [-0.3, -0.25) is 4.99 Å². The second-order valence-corrected chi connectivity index (χ2v) is 6.10. The Kier molecular flexibility index (Phi) is 8.72. The van der Waals surface area contributed by atoms with Crippen molar-refractivity contribution >= 4 is 5.96 Å². The molecule has 3 N–H and O–H groups in total. The van der Waals surface area contributed by atoms with Crippen molar-refractivity contribution in [3.63, 3.8) is 0 Å². The Hall–Kier alpha value is -2.81. The molecule has 0 saturated heterocycles. The molecule has 1 unspecified atom stereocenters. The zero-order chi connectivity index (χ0) is 21.2. The number of rotatable bonds is 9. The number of guanidine groups is 1. The molecule has 1 atom stereocenters. The zero-order valence-corrected chi connectivity index (χ0v) is 15.8. The minimum atomic E-state index is -2.91. The fourth-order valence-electron chi connectivity index (χ4n) is 2.55. The lowest BCUT2D eigenvalue weighted by Crippen LogP contribution is -2.38. The van der Waals surface area contributed by atoms with E-state index in [1.165, 1.54) is 24.3 Å². The number of nitrogens with one attached hydrogen (secondary N) is 2. The van der Waals surface area contributed by atoms with Gasteiger partial charge in [0, 0.05) is 13.1 Å². The van der Waals surface area contributed by atoms with Gasteiger partial charge in [0.15, 0.2) is 5.96 Å². The number of hydrogen-bond acceptors (Lipinski definition) is 3. The summed E-state index contributed by atoms with van der Waals surface area (Å²) in [5, 5.41) is 16.2. The molecule has 0 bridgehead atoms. The second kappa shape index (κ2) is 11.3. The Bertz CT molecular complexity index is 801. The van der Waals surface area contributed by atoms with E-state index in [-0.39, 0.29) is 24.3 Å². The quantitative estimate of drug-likeness (QED) is 0.335. The van der Waals surface area contributed by atoms with Crippen LogP contribution in [0.3, 0.4) is 0 Å². The molecule has 0 saturated carbocycles. The van der Waals surface area contributed by atoms with E-state index >= 15 is 0 Å². The Balaban J connectivity index is 1.91. The smallest absolute Gasteiger partial charge is 0.387 e. The molecule has 0 aliphatic heterocycles. The van der Waals surface area contributed by atoms with Gasteiger partial charge in [0.2, 0.25) is 0 Å². The fraction of sp³-hybridized carbons (Fsp3) is 0.350. The molecule has 0 fully saturated rings. The van der Waals surface area contributed by atoms with Gasteiger partial charge in [-0.2, -0.15) is 8.78 Å². The van der Waals surface area contributed by atoms with E-state index in [1.807, 2.05) is 6.92 Å². The first-order valence-corrected chi connectivity index (χ1v) is 9.08. The maximum absolute atomic E-state index is 13.7. The maximum atomic E-state index is 13.7. The third-order valence-corrected chi connectivity index (χ3v) is 3.95. The normalized spacial score (nSPS) is 12.7. The summed E-state index contributed by atoms with van der Waals surface area (Å²) in [4.78, 5) is 4.26. The molecule has 0 radical (unpaired) electrons. The van der Waals surface area contributed by atoms with Gasteiger partial charge in [-0.25, -0.2) is 8.78 Å². The number of nitrogens with zero attached hydrogens (tertiary/aromatic N) is 1. The van der Waals surface area contributed by atoms with Crippen LogP contribution in [0, 0.1) is 11.6 Å². The first-order chi connectivity index (χ1) is 13.9. The molecule has 0 aliphatic carbocycles. The number of aliphatic imine (C=N–C) groups is 1. The number of alkyl halides is 2. The number of aliphatic hydroxyl groups excluding tert-OH is 1. The van der Waals surface area contributed by atoms with E-state index in [4.69, 9.17) is 0 Å². The molecule has 158 valence electrons. The molecule has 9 heteroatoms. The van der Waals surface area contributed by atoms with Crippen LogP contribution in [0.5, 0.6) is 5.75 Å². The SMILES string of the molecule is CCNC(=NCC(O)c1ccc(OC(F)F)cc1)NCCc1cc(F)ccc1F. The maximum Gasteiger partial charge on any atom is 0.387 e. The van der Waals surface area contributed by atoms with Crippen molar-refractivity contribution in [2.24, 2.45) is 4.99 Å². The van der Waals surface area contributed by atoms with Gasteiger partial charge in [-0.15, -0.1) is 0 Å². The van der Waals surface area contributed by atoms with Crippen molar-refractivity contribution in [2.75, 3.05) is 19.6 Å². The predicted octanol–water partition coefficient (Wildman–Crippen LogP) is 3.40. The minimum absolute atomic E-state index is 0.000891. The van der Waals surface area contributed by atoms with Gasteiger partial charge in [-0.05, 0) is 54.8 Å². The highest BCUT2D eigenvalue weighted by atomic mass is 19.3. The lowest BCUT2D eigenvalue weighted by atomic mass is 10.1. The monoisotopic (exact) mass is 413 g/mol. The summed E-state index contributed by atoms with van der Waals surface area (Å²) >= 11 is 0. The minimum Gasteiger partial charge on any atom is -0.435 e. The summed E-state index contributed by atoms with van der Waals surface area (Å²) in [6.07, 6.45) is -0.700. The summed E-state index contributed by atoms with van der Waals surface area (Å²) in [7, 11) is 0. The van der Waals surface area contributed by atoms with E-state index in [1.54, 1.807) is 0 Å². The lowest BCUT2D eigenvalue weighted by Gasteiger charge is -2.14. The second-order valence-electron chi connectivity index (χ2n) is 6.10. The summed E-state index contributed by atoms with van der Waals surface area (Å²) in [6.45, 7) is -0.164. The average molecular weight is 413 g/mol. The molecule has 0 spiro atoms. The number of halogens is 4. The molecular weight excluding hydrogens is 390 g/mol. The van der Waals surface area contributed by atoms with Crippen LogP contribution in [0.2, 0.25) is 0 Å². The summed E-state index contributed by atoms with van der Waals surface area (Å²) < 4.78 is 55.5. The third kappa shape index (κ3) is 7.61. The molecular formula is C20H23F4N3O2. The third-order valence-electron chi connectivity index (χ3n) is 3.95. The summed E-state index contributed by atoms with van der Waals surface area (Å²) in [5.74, 6) is -0.583. The van der Waals surface area contributed by atoms with Crippen molar-refractivity contribution in [3.05, 3.63) is 65.2 Å². The number of ether oxygens (including phenoxy) is 1. The molecule has 2 aromatic carbocycles. The first-order valence-electron chi connectivity index (χ1n) is 9.08. The van der Waals surface area contributed by atoms with Crippen LogP contribution in [-0.2, 0) is 6.42 Å². The van der Waals surface area contributed by atoms with E-state index in [2.05, 4.69) is 20.4 Å². The summed E-state index contributed by atoms with van der Waals surface area (Å²) in [6, 6.07) is 8.92. The lowest BCUT2D eigenvalue weighted by molar-refractivity contribution is -0.0498. The van der Waals surface area contributed by atoms with Crippen LogP contribution in [-0.4, -0.2) is 37.3 Å². The van der Waals surface area contributed by atoms with Crippen molar-refractivity contribution in [3.8, 4) is 5.75 Å².